The molecule has 176 valence electrons. The van der Waals surface area contributed by atoms with Crippen molar-refractivity contribution >= 4 is 46.4 Å². The van der Waals surface area contributed by atoms with E-state index in [1.54, 1.807) is 4.57 Å². The number of aldehydes is 1. The predicted molar refractivity (Wildman–Crippen MR) is 113 cm³/mol. The Bertz CT molecular complexity index is 1170. The van der Waals surface area contributed by atoms with Gasteiger partial charge in [0, 0.05) is 49.2 Å². The molecule has 0 bridgehead atoms. The molecule has 13 heteroatoms. The molecule has 2 aliphatic rings. The number of carbonyl (C=O) groups is 3. The van der Waals surface area contributed by atoms with Crippen molar-refractivity contribution in [2.45, 2.75) is 36.7 Å². The highest BCUT2D eigenvalue weighted by molar-refractivity contribution is 7.83. The average molecular weight is 503 g/mol. The van der Waals surface area contributed by atoms with Gasteiger partial charge in [0.15, 0.2) is 17.5 Å². The lowest BCUT2D eigenvalue weighted by Crippen LogP contribution is -2.36. The normalized spacial score (nSPS) is 18.3. The lowest BCUT2D eigenvalue weighted by Gasteiger charge is -2.14. The molecule has 2 N–H and O–H groups in total. The molecule has 2 unspecified atom stereocenters. The molecule has 2 amide bonds. The van der Waals surface area contributed by atoms with Crippen molar-refractivity contribution in [3.8, 4) is 0 Å². The molecule has 4 rings (SSSR count). The second-order valence-corrected chi connectivity index (χ2v) is 9.24. The Balaban J connectivity index is 1.57. The summed E-state index contributed by atoms with van der Waals surface area (Å²) in [5, 5.41) is 2.23. The molecular formula is C20H18ClF3N4O4S. The summed E-state index contributed by atoms with van der Waals surface area (Å²) in [7, 11) is -1.83. The molecule has 1 aromatic carbocycles. The SMILES string of the molecule is O=CC(=O)N1CCC(NS(=O)c2c(Cl)c(C(=O)Nc3cc(F)c(F)c(F)c3)n3c2CCC3)C1. The molecule has 0 spiro atoms. The number of rotatable bonds is 6. The molecule has 2 aliphatic heterocycles. The van der Waals surface area contributed by atoms with Gasteiger partial charge in [-0.1, -0.05) is 11.6 Å². The van der Waals surface area contributed by atoms with Crippen molar-refractivity contribution in [2.75, 3.05) is 18.4 Å². The highest BCUT2D eigenvalue weighted by Crippen LogP contribution is 2.36. The topological polar surface area (TPSA) is 101 Å². The number of aromatic nitrogens is 1. The van der Waals surface area contributed by atoms with Crippen LogP contribution in [0.2, 0.25) is 5.02 Å². The number of amides is 2. The van der Waals surface area contributed by atoms with Crippen molar-refractivity contribution in [3.05, 3.63) is 46.0 Å². The summed E-state index contributed by atoms with van der Waals surface area (Å²) in [4.78, 5) is 36.6. The van der Waals surface area contributed by atoms with E-state index in [4.69, 9.17) is 11.6 Å². The van der Waals surface area contributed by atoms with E-state index in [9.17, 15) is 31.8 Å². The van der Waals surface area contributed by atoms with Crippen LogP contribution in [0.25, 0.3) is 0 Å². The van der Waals surface area contributed by atoms with Gasteiger partial charge in [0.1, 0.15) is 16.7 Å². The zero-order valence-corrected chi connectivity index (χ0v) is 18.6. The van der Waals surface area contributed by atoms with Crippen LogP contribution in [0.5, 0.6) is 0 Å². The van der Waals surface area contributed by atoms with Gasteiger partial charge in [0.05, 0.1) is 9.92 Å². The summed E-state index contributed by atoms with van der Waals surface area (Å²) in [6.07, 6.45) is 1.88. The standard InChI is InChI=1S/C20H18ClF3N4O4S/c21-16-18(20(31)25-11-6-12(22)17(24)13(23)7-11)28-4-1-2-14(28)19(16)33(32)26-10-3-5-27(8-10)15(30)9-29/h6-7,9-10,26H,1-5,8H2,(H,25,31). The van der Waals surface area contributed by atoms with E-state index >= 15 is 0 Å². The van der Waals surface area contributed by atoms with Crippen molar-refractivity contribution in [1.29, 1.82) is 0 Å². The largest absolute Gasteiger partial charge is 0.338 e. The van der Waals surface area contributed by atoms with Crippen molar-refractivity contribution in [3.63, 3.8) is 0 Å². The van der Waals surface area contributed by atoms with Crippen LogP contribution in [0, 0.1) is 17.5 Å². The Morgan fingerprint density at radius 3 is 2.55 bits per heavy atom. The van der Waals surface area contributed by atoms with E-state index in [-0.39, 0.29) is 40.2 Å². The summed E-state index contributed by atoms with van der Waals surface area (Å²) in [5.74, 6) is -6.01. The van der Waals surface area contributed by atoms with Gasteiger partial charge < -0.3 is 14.8 Å². The van der Waals surface area contributed by atoms with Crippen molar-refractivity contribution in [2.24, 2.45) is 0 Å². The van der Waals surface area contributed by atoms with Gasteiger partial charge in [0.25, 0.3) is 11.8 Å². The molecule has 0 saturated carbocycles. The quantitative estimate of drug-likeness (QED) is 0.359. The number of hydrogen-bond acceptors (Lipinski definition) is 4. The maximum atomic E-state index is 13.5. The van der Waals surface area contributed by atoms with Crippen LogP contribution in [0.3, 0.4) is 0 Å². The van der Waals surface area contributed by atoms with E-state index in [0.29, 0.717) is 50.2 Å². The van der Waals surface area contributed by atoms with E-state index in [1.807, 2.05) is 0 Å². The molecule has 1 saturated heterocycles. The van der Waals surface area contributed by atoms with Crippen LogP contribution < -0.4 is 10.0 Å². The minimum absolute atomic E-state index is 0.0244. The Morgan fingerprint density at radius 2 is 1.88 bits per heavy atom. The van der Waals surface area contributed by atoms with Gasteiger partial charge in [-0.25, -0.2) is 22.1 Å². The highest BCUT2D eigenvalue weighted by atomic mass is 35.5. The van der Waals surface area contributed by atoms with Gasteiger partial charge in [-0.05, 0) is 19.3 Å². The molecule has 0 aliphatic carbocycles. The molecule has 1 fully saturated rings. The first-order chi connectivity index (χ1) is 15.7. The van der Waals surface area contributed by atoms with Crippen LogP contribution in [0.1, 0.15) is 29.0 Å². The van der Waals surface area contributed by atoms with Crippen LogP contribution in [-0.4, -0.2) is 50.9 Å². The Kier molecular flexibility index (Phi) is 6.59. The summed E-state index contributed by atoms with van der Waals surface area (Å²) in [5.41, 5.74) is 0.266. The number of nitrogens with zero attached hydrogens (tertiary/aromatic N) is 2. The fourth-order valence-electron chi connectivity index (χ4n) is 4.08. The third-order valence-corrected chi connectivity index (χ3v) is 7.41. The zero-order chi connectivity index (χ0) is 23.9. The Hall–Kier alpha value is -2.70. The Labute approximate surface area is 193 Å². The number of nitrogens with one attached hydrogen (secondary N) is 2. The van der Waals surface area contributed by atoms with E-state index in [1.165, 1.54) is 4.90 Å². The molecular weight excluding hydrogens is 485 g/mol. The van der Waals surface area contributed by atoms with Gasteiger partial charge in [-0.15, -0.1) is 0 Å². The first-order valence-electron chi connectivity index (χ1n) is 10.00. The van der Waals surface area contributed by atoms with Crippen LogP contribution in [0.4, 0.5) is 18.9 Å². The van der Waals surface area contributed by atoms with E-state index in [2.05, 4.69) is 10.0 Å². The first kappa shape index (κ1) is 23.5. The number of hydrogen-bond donors (Lipinski definition) is 2. The number of likely N-dealkylation sites (tertiary alicyclic amines) is 1. The third-order valence-electron chi connectivity index (χ3n) is 5.58. The zero-order valence-electron chi connectivity index (χ0n) is 17.0. The highest BCUT2D eigenvalue weighted by Gasteiger charge is 2.34. The predicted octanol–water partition coefficient (Wildman–Crippen LogP) is 2.17. The summed E-state index contributed by atoms with van der Waals surface area (Å²) in [6.45, 7) is 0.963. The Morgan fingerprint density at radius 1 is 1.18 bits per heavy atom. The van der Waals surface area contributed by atoms with E-state index < -0.39 is 40.3 Å². The first-order valence-corrected chi connectivity index (χ1v) is 11.5. The van der Waals surface area contributed by atoms with Crippen LogP contribution in [0.15, 0.2) is 17.0 Å². The summed E-state index contributed by atoms with van der Waals surface area (Å²) < 4.78 is 57.8. The van der Waals surface area contributed by atoms with Crippen LogP contribution >= 0.6 is 11.6 Å². The van der Waals surface area contributed by atoms with Gasteiger partial charge in [0.2, 0.25) is 6.29 Å². The van der Waals surface area contributed by atoms with Gasteiger partial charge >= 0.3 is 0 Å². The fraction of sp³-hybridized carbons (Fsp3) is 0.350. The number of fused-ring (bicyclic) bond motifs is 1. The van der Waals surface area contributed by atoms with Gasteiger partial charge in [-0.3, -0.25) is 14.4 Å². The van der Waals surface area contributed by atoms with Crippen molar-refractivity contribution in [1.82, 2.24) is 14.2 Å². The molecule has 3 heterocycles. The third kappa shape index (κ3) is 4.42. The summed E-state index contributed by atoms with van der Waals surface area (Å²) >= 11 is 6.44. The number of benzene rings is 1. The molecule has 2 aromatic rings. The number of carbonyl (C=O) groups excluding carboxylic acids is 3. The lowest BCUT2D eigenvalue weighted by molar-refractivity contribution is -0.138. The average Bonchev–Trinajstić information content (AvgIpc) is 3.47. The van der Waals surface area contributed by atoms with Gasteiger partial charge in [-0.2, -0.15) is 0 Å². The number of anilines is 1. The summed E-state index contributed by atoms with van der Waals surface area (Å²) in [6, 6.07) is 0.946. The lowest BCUT2D eigenvalue weighted by atomic mass is 10.2. The fourth-order valence-corrected chi connectivity index (χ4v) is 5.89. The van der Waals surface area contributed by atoms with E-state index in [0.717, 1.165) is 0 Å². The monoisotopic (exact) mass is 502 g/mol. The molecule has 33 heavy (non-hydrogen) atoms. The molecule has 2 atom stereocenters. The minimum Gasteiger partial charge on any atom is -0.338 e. The second-order valence-electron chi connectivity index (χ2n) is 7.68. The smallest absolute Gasteiger partial charge is 0.286 e. The van der Waals surface area contributed by atoms with Crippen LogP contribution in [-0.2, 0) is 33.5 Å². The van der Waals surface area contributed by atoms with Crippen molar-refractivity contribution < 1.29 is 31.8 Å². The molecule has 1 aromatic heterocycles. The molecule has 0 radical (unpaired) electrons. The second kappa shape index (κ2) is 9.27. The molecule has 8 nitrogen and oxygen atoms in total. The minimum atomic E-state index is -1.83. The number of halogens is 4. The maximum Gasteiger partial charge on any atom is 0.286 e. The maximum absolute atomic E-state index is 13.5.